The average molecular weight is 429 g/mol. The van der Waals surface area contributed by atoms with Gasteiger partial charge in [-0.15, -0.1) is 12.4 Å². The minimum Gasteiger partial charge on any atom is -0.316 e. The molecule has 0 saturated heterocycles. The van der Waals surface area contributed by atoms with Crippen molar-refractivity contribution in [3.05, 3.63) is 100 Å². The maximum atomic E-state index is 13.3. The fourth-order valence-electron chi connectivity index (χ4n) is 3.16. The van der Waals surface area contributed by atoms with Crippen molar-refractivity contribution in [2.45, 2.75) is 26.3 Å². The summed E-state index contributed by atoms with van der Waals surface area (Å²) in [6.45, 7) is 4.61. The van der Waals surface area contributed by atoms with E-state index in [0.717, 1.165) is 22.4 Å². The first-order valence-corrected chi connectivity index (χ1v) is 9.77. The maximum absolute atomic E-state index is 13.3. The summed E-state index contributed by atoms with van der Waals surface area (Å²) in [4.78, 5) is 15.1. The van der Waals surface area contributed by atoms with Gasteiger partial charge >= 0.3 is 0 Å². The van der Waals surface area contributed by atoms with Crippen molar-refractivity contribution in [1.82, 2.24) is 0 Å². The number of amides is 1. The van der Waals surface area contributed by atoms with Crippen LogP contribution in [0.3, 0.4) is 0 Å². The smallest absolute Gasteiger partial charge is 0.248 e. The highest BCUT2D eigenvalue weighted by Crippen LogP contribution is 2.24. The number of nitrogens with two attached hydrogens (primary N) is 1. The van der Waals surface area contributed by atoms with Crippen molar-refractivity contribution in [3.8, 4) is 0 Å². The summed E-state index contributed by atoms with van der Waals surface area (Å²) in [5.41, 5.74) is 11.3. The van der Waals surface area contributed by atoms with E-state index in [9.17, 15) is 4.79 Å². The number of carbonyl (C=O) groups excluding carboxylic acids is 1. The third kappa shape index (κ3) is 5.60. The van der Waals surface area contributed by atoms with Crippen LogP contribution in [0.25, 0.3) is 0 Å². The van der Waals surface area contributed by atoms with Crippen molar-refractivity contribution >= 4 is 35.6 Å². The molecule has 0 aromatic heterocycles. The highest BCUT2D eigenvalue weighted by atomic mass is 35.5. The summed E-state index contributed by atoms with van der Waals surface area (Å²) in [5, 5.41) is 0.711. The first-order valence-electron chi connectivity index (χ1n) is 9.40. The lowest BCUT2D eigenvalue weighted by Gasteiger charge is -2.27. The zero-order chi connectivity index (χ0) is 20.1. The number of nitrogens with zero attached hydrogens (tertiary/aromatic N) is 1. The van der Waals surface area contributed by atoms with Gasteiger partial charge in [-0.2, -0.15) is 0 Å². The van der Waals surface area contributed by atoms with Gasteiger partial charge in [0.15, 0.2) is 0 Å². The van der Waals surface area contributed by atoms with Crippen molar-refractivity contribution in [2.24, 2.45) is 5.73 Å². The largest absolute Gasteiger partial charge is 0.316 e. The van der Waals surface area contributed by atoms with Crippen LogP contribution >= 0.6 is 24.0 Å². The molecule has 2 N–H and O–H groups in total. The van der Waals surface area contributed by atoms with Gasteiger partial charge in [0.25, 0.3) is 0 Å². The Hall–Kier alpha value is -2.33. The van der Waals surface area contributed by atoms with Crippen LogP contribution in [0.1, 0.15) is 28.3 Å². The lowest BCUT2D eigenvalue weighted by Crippen LogP contribution is -2.40. The van der Waals surface area contributed by atoms with Gasteiger partial charge in [-0.3, -0.25) is 4.79 Å². The van der Waals surface area contributed by atoms with Crippen LogP contribution in [-0.2, 0) is 11.2 Å². The van der Waals surface area contributed by atoms with Crippen LogP contribution < -0.4 is 10.6 Å². The zero-order valence-corrected chi connectivity index (χ0v) is 18.2. The van der Waals surface area contributed by atoms with Crippen molar-refractivity contribution in [2.75, 3.05) is 11.4 Å². The second-order valence-corrected chi connectivity index (χ2v) is 7.40. The molecule has 0 radical (unpaired) electrons. The number of hydrogen-bond acceptors (Lipinski definition) is 2. The fourth-order valence-corrected chi connectivity index (χ4v) is 3.39. The number of hydrogen-bond donors (Lipinski definition) is 1. The van der Waals surface area contributed by atoms with Gasteiger partial charge in [-0.1, -0.05) is 66.2 Å². The third-order valence-corrected chi connectivity index (χ3v) is 5.42. The summed E-state index contributed by atoms with van der Waals surface area (Å²) in [6, 6.07) is 22.5. The monoisotopic (exact) mass is 428 g/mol. The van der Waals surface area contributed by atoms with Gasteiger partial charge in [0.05, 0.1) is 0 Å². The quantitative estimate of drug-likeness (QED) is 0.550. The molecule has 29 heavy (non-hydrogen) atoms. The molecule has 1 amide bonds. The van der Waals surface area contributed by atoms with E-state index in [0.29, 0.717) is 18.0 Å². The second-order valence-electron chi connectivity index (χ2n) is 6.99. The predicted molar refractivity (Wildman–Crippen MR) is 124 cm³/mol. The molecule has 3 nitrogen and oxygen atoms in total. The van der Waals surface area contributed by atoms with E-state index >= 15 is 0 Å². The predicted octanol–water partition coefficient (Wildman–Crippen LogP) is 5.65. The maximum Gasteiger partial charge on any atom is 0.248 e. The molecule has 0 aliphatic carbocycles. The Morgan fingerprint density at radius 1 is 0.966 bits per heavy atom. The zero-order valence-electron chi connectivity index (χ0n) is 16.6. The second kappa shape index (κ2) is 10.4. The Morgan fingerprint density at radius 3 is 2.28 bits per heavy atom. The molecule has 0 unspecified atom stereocenters. The summed E-state index contributed by atoms with van der Waals surface area (Å²) in [6.07, 6.45) is 0.653. The van der Waals surface area contributed by atoms with Crippen LogP contribution in [0.15, 0.2) is 72.8 Å². The molecule has 3 aromatic rings. The van der Waals surface area contributed by atoms with Gasteiger partial charge in [-0.05, 0) is 60.7 Å². The summed E-state index contributed by atoms with van der Waals surface area (Å²) >= 11 is 6.31. The molecule has 152 valence electrons. The van der Waals surface area contributed by atoms with Crippen LogP contribution in [0.2, 0.25) is 5.02 Å². The van der Waals surface area contributed by atoms with Crippen molar-refractivity contribution in [1.29, 1.82) is 0 Å². The molecular formula is C24H26Cl2N2O. The first-order chi connectivity index (χ1) is 13.5. The number of benzene rings is 3. The number of carbonyl (C=O) groups is 1. The molecule has 5 heteroatoms. The van der Waals surface area contributed by atoms with Crippen molar-refractivity contribution < 1.29 is 4.79 Å². The van der Waals surface area contributed by atoms with Gasteiger partial charge in [0, 0.05) is 17.3 Å². The number of rotatable bonds is 6. The van der Waals surface area contributed by atoms with Crippen LogP contribution in [0.4, 0.5) is 5.69 Å². The van der Waals surface area contributed by atoms with Crippen LogP contribution in [0, 0.1) is 13.8 Å². The standard InChI is InChI=1S/C24H25ClN2O.ClH/c1-17-12-13-21(16-18(17)2)27(15-14-19-8-6-7-11-22(19)25)24(28)23(26)20-9-4-3-5-10-20;/h3-13,16,23H,14-15,26H2,1-2H3;1H/t23-;/m0./s1. The molecule has 0 fully saturated rings. The molecule has 0 saturated carbocycles. The van der Waals surface area contributed by atoms with Gasteiger partial charge < -0.3 is 10.6 Å². The minimum absolute atomic E-state index is 0. The Kier molecular flexibility index (Phi) is 8.27. The molecule has 0 bridgehead atoms. The topological polar surface area (TPSA) is 46.3 Å². The molecule has 3 aromatic carbocycles. The third-order valence-electron chi connectivity index (χ3n) is 5.06. The first kappa shape index (κ1) is 23.0. The average Bonchev–Trinajstić information content (AvgIpc) is 2.72. The Labute approximate surface area is 183 Å². The summed E-state index contributed by atoms with van der Waals surface area (Å²) in [5.74, 6) is -0.124. The molecule has 1 atom stereocenters. The van der Waals surface area contributed by atoms with E-state index < -0.39 is 6.04 Å². The van der Waals surface area contributed by atoms with Gasteiger partial charge in [-0.25, -0.2) is 0 Å². The minimum atomic E-state index is -0.714. The highest BCUT2D eigenvalue weighted by molar-refractivity contribution is 6.31. The highest BCUT2D eigenvalue weighted by Gasteiger charge is 2.24. The normalized spacial score (nSPS) is 11.4. The Bertz CT molecular complexity index is 960. The van der Waals surface area contributed by atoms with Gasteiger partial charge in [0.2, 0.25) is 5.91 Å². The van der Waals surface area contributed by atoms with Gasteiger partial charge in [0.1, 0.15) is 6.04 Å². The lowest BCUT2D eigenvalue weighted by atomic mass is 10.0. The van der Waals surface area contributed by atoms with E-state index in [1.807, 2.05) is 79.7 Å². The molecule has 0 aliphatic heterocycles. The molecule has 0 aliphatic rings. The molecule has 0 spiro atoms. The van der Waals surface area contributed by atoms with Crippen LogP contribution in [-0.4, -0.2) is 12.5 Å². The number of aryl methyl sites for hydroxylation is 2. The SMILES string of the molecule is Cc1ccc(N(CCc2ccccc2Cl)C(=O)[C@@H](N)c2ccccc2)cc1C.Cl. The molecule has 3 rings (SSSR count). The lowest BCUT2D eigenvalue weighted by molar-refractivity contribution is -0.120. The Balaban J connectivity index is 0.00000300. The van der Waals surface area contributed by atoms with Crippen LogP contribution in [0.5, 0.6) is 0 Å². The van der Waals surface area contributed by atoms with E-state index in [1.54, 1.807) is 4.90 Å². The van der Waals surface area contributed by atoms with E-state index in [4.69, 9.17) is 17.3 Å². The summed E-state index contributed by atoms with van der Waals surface area (Å²) in [7, 11) is 0. The van der Waals surface area contributed by atoms with E-state index in [-0.39, 0.29) is 18.3 Å². The molecular weight excluding hydrogens is 403 g/mol. The Morgan fingerprint density at radius 2 is 1.62 bits per heavy atom. The molecule has 0 heterocycles. The van der Waals surface area contributed by atoms with E-state index in [2.05, 4.69) is 6.92 Å². The fraction of sp³-hybridized carbons (Fsp3) is 0.208. The summed E-state index contributed by atoms with van der Waals surface area (Å²) < 4.78 is 0. The number of anilines is 1. The number of halogens is 2. The van der Waals surface area contributed by atoms with Crippen molar-refractivity contribution in [3.63, 3.8) is 0 Å². The van der Waals surface area contributed by atoms with E-state index in [1.165, 1.54) is 5.56 Å².